The van der Waals surface area contributed by atoms with Gasteiger partial charge in [-0.15, -0.1) is 0 Å². The normalized spacial score (nSPS) is 11.8. The van der Waals surface area contributed by atoms with Gasteiger partial charge in [0.15, 0.2) is 0 Å². The van der Waals surface area contributed by atoms with Crippen molar-refractivity contribution < 1.29 is 9.59 Å². The van der Waals surface area contributed by atoms with Crippen molar-refractivity contribution in [1.29, 1.82) is 0 Å². The molecule has 0 aliphatic rings. The maximum absolute atomic E-state index is 12.0. The highest BCUT2D eigenvalue weighted by atomic mass is 16.2. The molecule has 2 amide bonds. The van der Waals surface area contributed by atoms with Gasteiger partial charge < -0.3 is 0 Å². The lowest BCUT2D eigenvalue weighted by atomic mass is 9.99. The van der Waals surface area contributed by atoms with Crippen LogP contribution in [0.25, 0.3) is 0 Å². The summed E-state index contributed by atoms with van der Waals surface area (Å²) in [4.78, 5) is 23.9. The number of rotatable bonds is 6. The molecule has 0 bridgehead atoms. The highest BCUT2D eigenvalue weighted by Gasteiger charge is 2.16. The van der Waals surface area contributed by atoms with E-state index < -0.39 is 0 Å². The fraction of sp³-hybridized carbons (Fsp3) is 0.500. The molecule has 0 fully saturated rings. The first-order valence-corrected chi connectivity index (χ1v) is 7.25. The highest BCUT2D eigenvalue weighted by molar-refractivity contribution is 5.95. The van der Waals surface area contributed by atoms with Gasteiger partial charge in [0.25, 0.3) is 5.91 Å². The van der Waals surface area contributed by atoms with Crippen LogP contribution in [0.1, 0.15) is 55.5 Å². The zero-order valence-electron chi connectivity index (χ0n) is 12.5. The number of aryl methyl sites for hydroxylation is 1. The van der Waals surface area contributed by atoms with Crippen LogP contribution in [0, 0.1) is 12.8 Å². The number of carbonyl (C=O) groups is 2. The van der Waals surface area contributed by atoms with E-state index in [-0.39, 0.29) is 17.7 Å². The molecule has 0 aliphatic carbocycles. The standard InChI is InChI=1S/C16H24N2O2/c1-4-6-9-13(5-2)15(19)17-18-16(20)14-10-7-8-12(3)11-14/h7-8,10-11,13H,4-6,9H2,1-3H3,(H,17,19)(H,18,20). The van der Waals surface area contributed by atoms with E-state index in [1.165, 1.54) is 0 Å². The zero-order chi connectivity index (χ0) is 15.0. The molecule has 0 spiro atoms. The number of hydrogen-bond donors (Lipinski definition) is 2. The Labute approximate surface area is 120 Å². The van der Waals surface area contributed by atoms with Gasteiger partial charge in [-0.1, -0.05) is 44.4 Å². The average Bonchev–Trinajstić information content (AvgIpc) is 2.45. The maximum Gasteiger partial charge on any atom is 0.269 e. The Kier molecular flexibility index (Phi) is 6.77. The van der Waals surface area contributed by atoms with Crippen molar-refractivity contribution in [2.45, 2.75) is 46.5 Å². The third-order valence-electron chi connectivity index (χ3n) is 3.35. The molecular weight excluding hydrogens is 252 g/mol. The van der Waals surface area contributed by atoms with Crippen LogP contribution in [0.15, 0.2) is 24.3 Å². The number of amides is 2. The van der Waals surface area contributed by atoms with Crippen molar-refractivity contribution in [2.75, 3.05) is 0 Å². The second-order valence-electron chi connectivity index (χ2n) is 5.06. The number of hydrazine groups is 1. The van der Waals surface area contributed by atoms with Gasteiger partial charge in [0, 0.05) is 11.5 Å². The Bertz CT molecular complexity index is 458. The SMILES string of the molecule is CCCCC(CC)C(=O)NNC(=O)c1cccc(C)c1. The van der Waals surface area contributed by atoms with Gasteiger partial charge in [-0.25, -0.2) is 0 Å². The third kappa shape index (κ3) is 5.03. The summed E-state index contributed by atoms with van der Waals surface area (Å²) >= 11 is 0. The summed E-state index contributed by atoms with van der Waals surface area (Å²) in [5.74, 6) is -0.429. The van der Waals surface area contributed by atoms with Crippen LogP contribution in [-0.4, -0.2) is 11.8 Å². The topological polar surface area (TPSA) is 58.2 Å². The molecule has 110 valence electrons. The molecule has 0 aromatic heterocycles. The van der Waals surface area contributed by atoms with Gasteiger partial charge in [0.05, 0.1) is 0 Å². The minimum absolute atomic E-state index is 0.0345. The molecule has 0 radical (unpaired) electrons. The molecule has 1 atom stereocenters. The van der Waals surface area contributed by atoms with Gasteiger partial charge in [-0.05, 0) is 31.9 Å². The fourth-order valence-electron chi connectivity index (χ4n) is 2.05. The largest absolute Gasteiger partial charge is 0.273 e. The molecule has 1 aromatic rings. The van der Waals surface area contributed by atoms with Gasteiger partial charge in [-0.2, -0.15) is 0 Å². The van der Waals surface area contributed by atoms with Crippen LogP contribution in [0.3, 0.4) is 0 Å². The predicted molar refractivity (Wildman–Crippen MR) is 80.1 cm³/mol. The first-order valence-electron chi connectivity index (χ1n) is 7.25. The lowest BCUT2D eigenvalue weighted by Gasteiger charge is -2.15. The summed E-state index contributed by atoms with van der Waals surface area (Å²) in [7, 11) is 0. The van der Waals surface area contributed by atoms with Crippen LogP contribution in [0.2, 0.25) is 0 Å². The Morgan fingerprint density at radius 1 is 1.20 bits per heavy atom. The Hall–Kier alpha value is -1.84. The number of carbonyl (C=O) groups excluding carboxylic acids is 2. The van der Waals surface area contributed by atoms with Crippen LogP contribution >= 0.6 is 0 Å². The van der Waals surface area contributed by atoms with Crippen molar-refractivity contribution in [3.8, 4) is 0 Å². The first kappa shape index (κ1) is 16.2. The van der Waals surface area contributed by atoms with E-state index in [0.717, 1.165) is 31.2 Å². The first-order chi connectivity index (χ1) is 9.58. The Morgan fingerprint density at radius 2 is 1.95 bits per heavy atom. The fourth-order valence-corrected chi connectivity index (χ4v) is 2.05. The molecule has 0 aliphatic heterocycles. The molecule has 4 heteroatoms. The second kappa shape index (κ2) is 8.35. The summed E-state index contributed by atoms with van der Waals surface area (Å²) in [6, 6.07) is 7.26. The quantitative estimate of drug-likeness (QED) is 0.785. The number of benzene rings is 1. The highest BCUT2D eigenvalue weighted by Crippen LogP contribution is 2.12. The summed E-state index contributed by atoms with van der Waals surface area (Å²) < 4.78 is 0. The smallest absolute Gasteiger partial charge is 0.269 e. The van der Waals surface area contributed by atoms with Crippen LogP contribution in [-0.2, 0) is 4.79 Å². The molecule has 0 saturated carbocycles. The van der Waals surface area contributed by atoms with E-state index in [9.17, 15) is 9.59 Å². The van der Waals surface area contributed by atoms with E-state index in [2.05, 4.69) is 17.8 Å². The van der Waals surface area contributed by atoms with Crippen molar-refractivity contribution in [1.82, 2.24) is 10.9 Å². The molecule has 4 nitrogen and oxygen atoms in total. The molecule has 1 unspecified atom stereocenters. The van der Waals surface area contributed by atoms with E-state index in [1.807, 2.05) is 26.0 Å². The zero-order valence-corrected chi connectivity index (χ0v) is 12.5. The minimum Gasteiger partial charge on any atom is -0.273 e. The van der Waals surface area contributed by atoms with Crippen molar-refractivity contribution >= 4 is 11.8 Å². The van der Waals surface area contributed by atoms with E-state index >= 15 is 0 Å². The third-order valence-corrected chi connectivity index (χ3v) is 3.35. The average molecular weight is 276 g/mol. The Balaban J connectivity index is 2.49. The van der Waals surface area contributed by atoms with E-state index in [4.69, 9.17) is 0 Å². The van der Waals surface area contributed by atoms with Gasteiger partial charge in [-0.3, -0.25) is 20.4 Å². The van der Waals surface area contributed by atoms with Crippen LogP contribution in [0.4, 0.5) is 0 Å². The second-order valence-corrected chi connectivity index (χ2v) is 5.06. The Morgan fingerprint density at radius 3 is 2.55 bits per heavy atom. The molecular formula is C16H24N2O2. The molecule has 20 heavy (non-hydrogen) atoms. The lowest BCUT2D eigenvalue weighted by Crippen LogP contribution is -2.44. The van der Waals surface area contributed by atoms with Crippen molar-refractivity contribution in [2.24, 2.45) is 5.92 Å². The lowest BCUT2D eigenvalue weighted by molar-refractivity contribution is -0.126. The number of hydrogen-bond acceptors (Lipinski definition) is 2. The summed E-state index contributed by atoms with van der Waals surface area (Å²) in [6.07, 6.45) is 3.74. The minimum atomic E-state index is -0.285. The predicted octanol–water partition coefficient (Wildman–Crippen LogP) is 2.97. The molecule has 1 rings (SSSR count). The van der Waals surface area contributed by atoms with E-state index in [0.29, 0.717) is 5.56 Å². The molecule has 1 aromatic carbocycles. The summed E-state index contributed by atoms with van der Waals surface area (Å²) in [5.41, 5.74) is 6.56. The monoisotopic (exact) mass is 276 g/mol. The van der Waals surface area contributed by atoms with Crippen LogP contribution in [0.5, 0.6) is 0 Å². The van der Waals surface area contributed by atoms with Crippen LogP contribution < -0.4 is 10.9 Å². The molecule has 0 saturated heterocycles. The maximum atomic E-state index is 12.0. The summed E-state index contributed by atoms with van der Waals surface area (Å²) in [5, 5.41) is 0. The summed E-state index contributed by atoms with van der Waals surface area (Å²) in [6.45, 7) is 6.01. The van der Waals surface area contributed by atoms with Gasteiger partial charge >= 0.3 is 0 Å². The number of nitrogens with one attached hydrogen (secondary N) is 2. The molecule has 2 N–H and O–H groups in total. The number of unbranched alkanes of at least 4 members (excludes halogenated alkanes) is 1. The molecule has 0 heterocycles. The van der Waals surface area contributed by atoms with Gasteiger partial charge in [0.2, 0.25) is 5.91 Å². The van der Waals surface area contributed by atoms with Gasteiger partial charge in [0.1, 0.15) is 0 Å². The van der Waals surface area contributed by atoms with Crippen molar-refractivity contribution in [3.05, 3.63) is 35.4 Å². The van der Waals surface area contributed by atoms with E-state index in [1.54, 1.807) is 12.1 Å². The van der Waals surface area contributed by atoms with Crippen molar-refractivity contribution in [3.63, 3.8) is 0 Å².